The van der Waals surface area contributed by atoms with E-state index in [1.807, 2.05) is 34.0 Å². The summed E-state index contributed by atoms with van der Waals surface area (Å²) in [5.74, 6) is 3.38. The van der Waals surface area contributed by atoms with Gasteiger partial charge in [-0.2, -0.15) is 0 Å². The van der Waals surface area contributed by atoms with Gasteiger partial charge in [0.25, 0.3) is 0 Å². The van der Waals surface area contributed by atoms with Crippen LogP contribution in [0.2, 0.25) is 0 Å². The Morgan fingerprint density at radius 1 is 0.526 bits per heavy atom. The van der Waals surface area contributed by atoms with Gasteiger partial charge in [-0.3, -0.25) is 0 Å². The van der Waals surface area contributed by atoms with Crippen LogP contribution < -0.4 is 0 Å². The third-order valence-electron chi connectivity index (χ3n) is 6.63. The second-order valence-electron chi connectivity index (χ2n) is 12.9. The highest BCUT2D eigenvalue weighted by Gasteiger charge is 2.15. The van der Waals surface area contributed by atoms with E-state index in [4.69, 9.17) is 0 Å². The quantitative estimate of drug-likeness (QED) is 0.224. The summed E-state index contributed by atoms with van der Waals surface area (Å²) in [5.41, 5.74) is 3.15. The standard InChI is InChI=1S/C15H20S.2C10H16S/c1-10(2)14-9-11-8-12(15(3,4)5)6-7-13(11)16-14;1-7(2)9-5-10(8(3)4)11-6-9;1-7(2)9-5-6-10(11-9)8(3)4/h6-10H,1-5H3;2*5-8H,1-4H3. The van der Waals surface area contributed by atoms with E-state index < -0.39 is 0 Å². The maximum atomic E-state index is 2.35. The van der Waals surface area contributed by atoms with Crippen LogP contribution in [0.15, 0.2) is 47.8 Å². The van der Waals surface area contributed by atoms with Gasteiger partial charge in [-0.25, -0.2) is 0 Å². The minimum absolute atomic E-state index is 0.244. The summed E-state index contributed by atoms with van der Waals surface area (Å²) in [5, 5.41) is 3.68. The minimum Gasteiger partial charge on any atom is -0.148 e. The van der Waals surface area contributed by atoms with E-state index >= 15 is 0 Å². The Labute approximate surface area is 246 Å². The average molecular weight is 569 g/mol. The van der Waals surface area contributed by atoms with Gasteiger partial charge in [0.05, 0.1) is 0 Å². The molecule has 3 aromatic heterocycles. The normalized spacial score (nSPS) is 11.9. The van der Waals surface area contributed by atoms with E-state index in [0.717, 1.165) is 0 Å². The van der Waals surface area contributed by atoms with Crippen molar-refractivity contribution in [1.29, 1.82) is 0 Å². The van der Waals surface area contributed by atoms with Crippen molar-refractivity contribution in [1.82, 2.24) is 0 Å². The SMILES string of the molecule is CC(C)c1cc2cc(C(C)(C)C)ccc2s1.CC(C)c1ccc(C(C)C)s1.CC(C)c1csc(C(C)C)c1. The van der Waals surface area contributed by atoms with Crippen molar-refractivity contribution in [2.45, 2.75) is 125 Å². The second kappa shape index (κ2) is 14.3. The lowest BCUT2D eigenvalue weighted by Gasteiger charge is -2.18. The number of fused-ring (bicyclic) bond motifs is 1. The summed E-state index contributed by atoms with van der Waals surface area (Å²) in [6.45, 7) is 29.3. The summed E-state index contributed by atoms with van der Waals surface area (Å²) in [6.07, 6.45) is 0. The third-order valence-corrected chi connectivity index (χ3v) is 11.0. The molecule has 4 aromatic rings. The predicted octanol–water partition coefficient (Wildman–Crippen LogP) is 13.3. The van der Waals surface area contributed by atoms with E-state index in [0.29, 0.717) is 29.6 Å². The van der Waals surface area contributed by atoms with Crippen molar-refractivity contribution >= 4 is 44.1 Å². The molecule has 0 fully saturated rings. The van der Waals surface area contributed by atoms with Crippen LogP contribution in [0.3, 0.4) is 0 Å². The Hall–Kier alpha value is -1.42. The topological polar surface area (TPSA) is 0 Å². The molecule has 0 aliphatic heterocycles. The van der Waals surface area contributed by atoms with Gasteiger partial charge in [0.15, 0.2) is 0 Å². The molecular formula is C35H52S3. The number of benzene rings is 1. The van der Waals surface area contributed by atoms with Crippen LogP contribution in [0, 0.1) is 0 Å². The summed E-state index contributed by atoms with van der Waals surface area (Å²) in [7, 11) is 0. The van der Waals surface area contributed by atoms with Gasteiger partial charge in [0.1, 0.15) is 0 Å². The molecule has 0 spiro atoms. The molecule has 38 heavy (non-hydrogen) atoms. The first-order valence-electron chi connectivity index (χ1n) is 14.3. The van der Waals surface area contributed by atoms with Crippen molar-refractivity contribution in [3.05, 3.63) is 78.5 Å². The largest absolute Gasteiger partial charge is 0.148 e. The average Bonchev–Trinajstić information content (AvgIpc) is 3.58. The molecule has 210 valence electrons. The lowest BCUT2D eigenvalue weighted by molar-refractivity contribution is 0.591. The molecule has 0 atom stereocenters. The van der Waals surface area contributed by atoms with Crippen LogP contribution in [0.1, 0.15) is 150 Å². The summed E-state index contributed by atoms with van der Waals surface area (Å²) in [4.78, 5) is 6.01. The van der Waals surface area contributed by atoms with Gasteiger partial charge in [0.2, 0.25) is 0 Å². The lowest BCUT2D eigenvalue weighted by Crippen LogP contribution is -2.10. The van der Waals surface area contributed by atoms with Crippen LogP contribution in [0.5, 0.6) is 0 Å². The minimum atomic E-state index is 0.244. The van der Waals surface area contributed by atoms with Gasteiger partial charge in [-0.15, -0.1) is 34.0 Å². The molecule has 0 nitrogen and oxygen atoms in total. The molecule has 0 saturated carbocycles. The Kier molecular flexibility index (Phi) is 12.3. The molecule has 0 unspecified atom stereocenters. The highest BCUT2D eigenvalue weighted by molar-refractivity contribution is 7.19. The van der Waals surface area contributed by atoms with Crippen LogP contribution >= 0.6 is 34.0 Å². The van der Waals surface area contributed by atoms with Crippen LogP contribution in [0.25, 0.3) is 10.1 Å². The first-order chi connectivity index (χ1) is 17.6. The maximum Gasteiger partial charge on any atom is 0.0345 e. The van der Waals surface area contributed by atoms with Crippen molar-refractivity contribution in [3.8, 4) is 0 Å². The smallest absolute Gasteiger partial charge is 0.0345 e. The highest BCUT2D eigenvalue weighted by atomic mass is 32.1. The number of hydrogen-bond acceptors (Lipinski definition) is 3. The molecule has 3 heterocycles. The van der Waals surface area contributed by atoms with Gasteiger partial charge < -0.3 is 0 Å². The second-order valence-corrected chi connectivity index (χ2v) is 16.2. The van der Waals surface area contributed by atoms with Crippen molar-refractivity contribution in [3.63, 3.8) is 0 Å². The van der Waals surface area contributed by atoms with Gasteiger partial charge in [-0.05, 0) is 93.3 Å². The molecule has 0 saturated heterocycles. The molecule has 0 amide bonds. The van der Waals surface area contributed by atoms with Gasteiger partial charge in [0, 0.05) is 24.2 Å². The zero-order chi connectivity index (χ0) is 28.8. The van der Waals surface area contributed by atoms with Crippen molar-refractivity contribution < 1.29 is 0 Å². The number of thiophene rings is 3. The van der Waals surface area contributed by atoms with Crippen LogP contribution in [-0.4, -0.2) is 0 Å². The summed E-state index contributed by atoms with van der Waals surface area (Å²) >= 11 is 5.76. The molecule has 0 aliphatic rings. The van der Waals surface area contributed by atoms with E-state index in [2.05, 4.69) is 138 Å². The van der Waals surface area contributed by atoms with Crippen LogP contribution in [-0.2, 0) is 5.41 Å². The molecule has 4 rings (SSSR count). The number of rotatable bonds is 5. The van der Waals surface area contributed by atoms with Crippen LogP contribution in [0.4, 0.5) is 0 Å². The van der Waals surface area contributed by atoms with Crippen molar-refractivity contribution in [2.24, 2.45) is 0 Å². The summed E-state index contributed by atoms with van der Waals surface area (Å²) < 4.78 is 1.41. The Morgan fingerprint density at radius 2 is 1.05 bits per heavy atom. The van der Waals surface area contributed by atoms with E-state index in [1.165, 1.54) is 40.7 Å². The predicted molar refractivity (Wildman–Crippen MR) is 180 cm³/mol. The van der Waals surface area contributed by atoms with Gasteiger partial charge in [-0.1, -0.05) is 96.1 Å². The fraction of sp³-hybridized carbons (Fsp3) is 0.543. The van der Waals surface area contributed by atoms with E-state index in [1.54, 1.807) is 0 Å². The molecular weight excluding hydrogens is 517 g/mol. The first kappa shape index (κ1) is 32.8. The fourth-order valence-corrected chi connectivity index (χ4v) is 6.93. The van der Waals surface area contributed by atoms with E-state index in [9.17, 15) is 0 Å². The zero-order valence-corrected chi connectivity index (χ0v) is 28.7. The number of hydrogen-bond donors (Lipinski definition) is 0. The zero-order valence-electron chi connectivity index (χ0n) is 26.2. The van der Waals surface area contributed by atoms with E-state index in [-0.39, 0.29) is 5.41 Å². The Morgan fingerprint density at radius 3 is 1.42 bits per heavy atom. The molecule has 0 bridgehead atoms. The molecule has 0 radical (unpaired) electrons. The molecule has 0 N–H and O–H groups in total. The Bertz CT molecular complexity index is 1140. The molecule has 1 aromatic carbocycles. The summed E-state index contributed by atoms with van der Waals surface area (Å²) in [6, 6.07) is 16.1. The molecule has 0 aliphatic carbocycles. The fourth-order valence-electron chi connectivity index (χ4n) is 3.78. The first-order valence-corrected chi connectivity index (χ1v) is 16.8. The monoisotopic (exact) mass is 568 g/mol. The Balaban J connectivity index is 0.000000206. The third kappa shape index (κ3) is 9.65. The highest BCUT2D eigenvalue weighted by Crippen LogP contribution is 2.34. The van der Waals surface area contributed by atoms with Crippen molar-refractivity contribution in [2.75, 3.05) is 0 Å². The van der Waals surface area contributed by atoms with Gasteiger partial charge >= 0.3 is 0 Å². The maximum absolute atomic E-state index is 2.35. The molecule has 3 heteroatoms. The lowest BCUT2D eigenvalue weighted by atomic mass is 9.86.